The van der Waals surface area contributed by atoms with E-state index in [9.17, 15) is 4.79 Å². The molecule has 1 saturated heterocycles. The van der Waals surface area contributed by atoms with Crippen LogP contribution in [0.1, 0.15) is 36.5 Å². The largest absolute Gasteiger partial charge is 0.338 e. The summed E-state index contributed by atoms with van der Waals surface area (Å²) in [6, 6.07) is 5.89. The van der Waals surface area contributed by atoms with Gasteiger partial charge in [-0.3, -0.25) is 4.79 Å². The maximum absolute atomic E-state index is 12.5. The van der Waals surface area contributed by atoms with Crippen LogP contribution < -0.4 is 0 Å². The van der Waals surface area contributed by atoms with E-state index in [0.717, 1.165) is 33.1 Å². The fourth-order valence-corrected chi connectivity index (χ4v) is 3.42. The molecule has 18 heavy (non-hydrogen) atoms. The molecule has 0 radical (unpaired) electrons. The van der Waals surface area contributed by atoms with Gasteiger partial charge in [0.2, 0.25) is 0 Å². The Morgan fingerprint density at radius 2 is 2.33 bits per heavy atom. The van der Waals surface area contributed by atoms with Gasteiger partial charge < -0.3 is 4.90 Å². The lowest BCUT2D eigenvalue weighted by molar-refractivity contribution is 0.0785. The van der Waals surface area contributed by atoms with E-state index in [1.165, 1.54) is 12.8 Å². The van der Waals surface area contributed by atoms with Crippen LogP contribution in [0.4, 0.5) is 0 Å². The van der Waals surface area contributed by atoms with Crippen LogP contribution >= 0.6 is 38.5 Å². The predicted octanol–water partition coefficient (Wildman–Crippen LogP) is 4.32. The molecule has 0 N–H and O–H groups in total. The van der Waals surface area contributed by atoms with E-state index in [0.29, 0.717) is 5.92 Å². The van der Waals surface area contributed by atoms with Crippen LogP contribution in [0.15, 0.2) is 22.7 Å². The number of hydrogen-bond donors (Lipinski definition) is 0. The van der Waals surface area contributed by atoms with Gasteiger partial charge in [0.1, 0.15) is 0 Å². The highest BCUT2D eigenvalue weighted by Gasteiger charge is 2.27. The Labute approximate surface area is 130 Å². The first kappa shape index (κ1) is 14.3. The summed E-state index contributed by atoms with van der Waals surface area (Å²) in [6.07, 6.45) is 3.60. The number of rotatable bonds is 3. The molecule has 1 aliphatic heterocycles. The van der Waals surface area contributed by atoms with Crippen molar-refractivity contribution < 1.29 is 4.79 Å². The molecule has 2 nitrogen and oxygen atoms in total. The van der Waals surface area contributed by atoms with Crippen molar-refractivity contribution in [3.05, 3.63) is 31.8 Å². The van der Waals surface area contributed by atoms with Crippen molar-refractivity contribution in [3.63, 3.8) is 0 Å². The molecule has 98 valence electrons. The van der Waals surface area contributed by atoms with Crippen LogP contribution in [0.5, 0.6) is 0 Å². The van der Waals surface area contributed by atoms with Crippen molar-refractivity contribution in [2.24, 2.45) is 5.92 Å². The van der Waals surface area contributed by atoms with Crippen molar-refractivity contribution >= 4 is 44.4 Å². The average Bonchev–Trinajstić information content (AvgIpc) is 2.80. The summed E-state index contributed by atoms with van der Waals surface area (Å²) in [5, 5.41) is 0. The molecule has 2 rings (SSSR count). The number of carbonyl (C=O) groups excluding carboxylic acids is 1. The standard InChI is InChI=1S/C14H17BrINO/c1-2-3-10-6-7-17(9-10)14(18)12-8-11(15)4-5-13(12)16/h4-5,8,10H,2-3,6-7,9H2,1H3. The number of carbonyl (C=O) groups is 1. The molecular formula is C14H17BrINO. The molecule has 1 atom stereocenters. The highest BCUT2D eigenvalue weighted by atomic mass is 127. The van der Waals surface area contributed by atoms with Gasteiger partial charge in [0.15, 0.2) is 0 Å². The Hall–Kier alpha value is -0.100. The maximum atomic E-state index is 12.5. The molecule has 0 saturated carbocycles. The Balaban J connectivity index is 2.10. The summed E-state index contributed by atoms with van der Waals surface area (Å²) in [5.41, 5.74) is 0.821. The van der Waals surface area contributed by atoms with Crippen LogP contribution in [0.2, 0.25) is 0 Å². The van der Waals surface area contributed by atoms with Crippen LogP contribution in [-0.4, -0.2) is 23.9 Å². The van der Waals surface area contributed by atoms with Gasteiger partial charge in [0.05, 0.1) is 5.56 Å². The minimum atomic E-state index is 0.180. The molecular weight excluding hydrogens is 405 g/mol. The molecule has 1 unspecified atom stereocenters. The van der Waals surface area contributed by atoms with Gasteiger partial charge in [0.25, 0.3) is 5.91 Å². The molecule has 4 heteroatoms. The smallest absolute Gasteiger partial charge is 0.254 e. The lowest BCUT2D eigenvalue weighted by Crippen LogP contribution is -2.29. The maximum Gasteiger partial charge on any atom is 0.254 e. The van der Waals surface area contributed by atoms with E-state index < -0.39 is 0 Å². The van der Waals surface area contributed by atoms with E-state index in [1.807, 2.05) is 23.1 Å². The van der Waals surface area contributed by atoms with E-state index in [2.05, 4.69) is 45.4 Å². The van der Waals surface area contributed by atoms with Crippen molar-refractivity contribution in [1.29, 1.82) is 0 Å². The molecule has 0 bridgehead atoms. The third-order valence-electron chi connectivity index (χ3n) is 3.43. The fourth-order valence-electron chi connectivity index (χ4n) is 2.49. The summed E-state index contributed by atoms with van der Waals surface area (Å²) < 4.78 is 2.00. The van der Waals surface area contributed by atoms with Gasteiger partial charge in [-0.25, -0.2) is 0 Å². The van der Waals surface area contributed by atoms with E-state index >= 15 is 0 Å². The van der Waals surface area contributed by atoms with Gasteiger partial charge in [-0.2, -0.15) is 0 Å². The summed E-state index contributed by atoms with van der Waals surface area (Å²) in [6.45, 7) is 4.04. The van der Waals surface area contributed by atoms with Crippen molar-refractivity contribution in [3.8, 4) is 0 Å². The molecule has 1 fully saturated rings. The average molecular weight is 422 g/mol. The second-order valence-corrected chi connectivity index (χ2v) is 6.90. The van der Waals surface area contributed by atoms with Crippen LogP contribution in [0, 0.1) is 9.49 Å². The fraction of sp³-hybridized carbons (Fsp3) is 0.500. The number of halogens is 2. The minimum Gasteiger partial charge on any atom is -0.338 e. The normalized spacial score (nSPS) is 19.3. The highest BCUT2D eigenvalue weighted by Crippen LogP contribution is 2.25. The number of benzene rings is 1. The zero-order chi connectivity index (χ0) is 13.1. The number of amides is 1. The third-order valence-corrected chi connectivity index (χ3v) is 4.86. The zero-order valence-electron chi connectivity index (χ0n) is 10.5. The molecule has 1 heterocycles. The minimum absolute atomic E-state index is 0.180. The number of likely N-dealkylation sites (tertiary alicyclic amines) is 1. The highest BCUT2D eigenvalue weighted by molar-refractivity contribution is 14.1. The predicted molar refractivity (Wildman–Crippen MR) is 85.8 cm³/mol. The Kier molecular flexibility index (Phi) is 5.06. The first-order chi connectivity index (χ1) is 8.61. The van der Waals surface area contributed by atoms with Crippen molar-refractivity contribution in [2.75, 3.05) is 13.1 Å². The van der Waals surface area contributed by atoms with E-state index in [1.54, 1.807) is 0 Å². The Morgan fingerprint density at radius 3 is 3.06 bits per heavy atom. The number of hydrogen-bond acceptors (Lipinski definition) is 1. The second-order valence-electron chi connectivity index (χ2n) is 4.82. The molecule has 0 aliphatic carbocycles. The van der Waals surface area contributed by atoms with Gasteiger partial charge >= 0.3 is 0 Å². The van der Waals surface area contributed by atoms with Crippen molar-refractivity contribution in [2.45, 2.75) is 26.2 Å². The molecule has 0 aromatic heterocycles. The summed E-state index contributed by atoms with van der Waals surface area (Å²) in [7, 11) is 0. The summed E-state index contributed by atoms with van der Waals surface area (Å²) in [4.78, 5) is 14.5. The van der Waals surface area contributed by atoms with Crippen molar-refractivity contribution in [1.82, 2.24) is 4.90 Å². The van der Waals surface area contributed by atoms with Crippen LogP contribution in [0.3, 0.4) is 0 Å². The quantitative estimate of drug-likeness (QED) is 0.665. The lowest BCUT2D eigenvalue weighted by atomic mass is 10.0. The SMILES string of the molecule is CCCC1CCN(C(=O)c2cc(Br)ccc2I)C1. The molecule has 1 aromatic carbocycles. The lowest BCUT2D eigenvalue weighted by Gasteiger charge is -2.17. The van der Waals surface area contributed by atoms with Crippen LogP contribution in [-0.2, 0) is 0 Å². The van der Waals surface area contributed by atoms with Gasteiger partial charge in [0, 0.05) is 21.1 Å². The van der Waals surface area contributed by atoms with E-state index in [4.69, 9.17) is 0 Å². The molecule has 1 amide bonds. The molecule has 1 aliphatic rings. The van der Waals surface area contributed by atoms with Crippen LogP contribution in [0.25, 0.3) is 0 Å². The third kappa shape index (κ3) is 3.26. The Morgan fingerprint density at radius 1 is 1.56 bits per heavy atom. The first-order valence-electron chi connectivity index (χ1n) is 6.36. The topological polar surface area (TPSA) is 20.3 Å². The monoisotopic (exact) mass is 421 g/mol. The second kappa shape index (κ2) is 6.37. The Bertz CT molecular complexity index is 449. The van der Waals surface area contributed by atoms with E-state index in [-0.39, 0.29) is 5.91 Å². The van der Waals surface area contributed by atoms with Gasteiger partial charge in [-0.15, -0.1) is 0 Å². The van der Waals surface area contributed by atoms with Gasteiger partial charge in [-0.05, 0) is 59.5 Å². The summed E-state index contributed by atoms with van der Waals surface area (Å²) >= 11 is 5.67. The number of nitrogens with zero attached hydrogens (tertiary/aromatic N) is 1. The first-order valence-corrected chi connectivity index (χ1v) is 8.23. The zero-order valence-corrected chi connectivity index (χ0v) is 14.2. The van der Waals surface area contributed by atoms with Gasteiger partial charge in [-0.1, -0.05) is 29.3 Å². The molecule has 1 aromatic rings. The summed E-state index contributed by atoms with van der Waals surface area (Å²) in [5.74, 6) is 0.878. The molecule has 0 spiro atoms.